The molecule has 144 valence electrons. The molecule has 1 atom stereocenters. The number of fused-ring (bicyclic) bond motifs is 1. The summed E-state index contributed by atoms with van der Waals surface area (Å²) in [4.78, 5) is 20.8. The van der Waals surface area contributed by atoms with E-state index >= 15 is 0 Å². The lowest BCUT2D eigenvalue weighted by molar-refractivity contribution is 0.0955. The van der Waals surface area contributed by atoms with E-state index < -0.39 is 0 Å². The zero-order valence-corrected chi connectivity index (χ0v) is 15.4. The number of amides is 1. The maximum atomic E-state index is 12.0. The molecule has 4 N–H and O–H groups in total. The zero-order valence-electron chi connectivity index (χ0n) is 15.4. The van der Waals surface area contributed by atoms with Crippen molar-refractivity contribution in [3.8, 4) is 5.75 Å². The van der Waals surface area contributed by atoms with Crippen LogP contribution in [0.15, 0.2) is 35.6 Å². The van der Waals surface area contributed by atoms with E-state index in [0.717, 1.165) is 37.7 Å². The molecule has 9 nitrogen and oxygen atoms in total. The molecule has 0 radical (unpaired) electrons. The lowest BCUT2D eigenvalue weighted by atomic mass is 10.1. The summed E-state index contributed by atoms with van der Waals surface area (Å²) < 4.78 is 1.92. The molecular weight excluding hydrogens is 346 g/mol. The van der Waals surface area contributed by atoms with Crippen LogP contribution in [0.4, 0.5) is 0 Å². The molecule has 0 saturated carbocycles. The molecule has 0 fully saturated rings. The van der Waals surface area contributed by atoms with Gasteiger partial charge < -0.3 is 21.1 Å². The van der Waals surface area contributed by atoms with Gasteiger partial charge in [-0.25, -0.2) is 9.67 Å². The second kappa shape index (κ2) is 9.02. The summed E-state index contributed by atoms with van der Waals surface area (Å²) in [6.45, 7) is 4.42. The summed E-state index contributed by atoms with van der Waals surface area (Å²) in [7, 11) is 0. The number of nitrogens with one attached hydrogen (secondary N) is 3. The van der Waals surface area contributed by atoms with Crippen LogP contribution in [0, 0.1) is 0 Å². The predicted molar refractivity (Wildman–Crippen MR) is 102 cm³/mol. The predicted octanol–water partition coefficient (Wildman–Crippen LogP) is 0.284. The maximum absolute atomic E-state index is 12.0. The number of aryl methyl sites for hydroxylation is 1. The summed E-state index contributed by atoms with van der Waals surface area (Å²) in [5, 5.41) is 23.0. The largest absolute Gasteiger partial charge is 0.508 e. The minimum atomic E-state index is -0.186. The standard InChI is InChI=1S/C18H25N7O2/c1-2-19-18(24-14-5-8-16-22-12-23-25(16)11-14)21-10-9-20-17(27)13-3-6-15(26)7-4-13/h3-4,6-7,12,14,26H,2,5,8-11H2,1H3,(H,20,27)(H2,19,21,24). The van der Waals surface area contributed by atoms with Gasteiger partial charge in [0.1, 0.15) is 17.9 Å². The van der Waals surface area contributed by atoms with Gasteiger partial charge in [-0.2, -0.15) is 5.10 Å². The molecule has 9 heteroatoms. The van der Waals surface area contributed by atoms with Crippen LogP contribution >= 0.6 is 0 Å². The van der Waals surface area contributed by atoms with Crippen molar-refractivity contribution in [2.75, 3.05) is 19.6 Å². The van der Waals surface area contributed by atoms with Gasteiger partial charge >= 0.3 is 0 Å². The highest BCUT2D eigenvalue weighted by atomic mass is 16.3. The van der Waals surface area contributed by atoms with Gasteiger partial charge in [0, 0.05) is 31.1 Å². The molecule has 0 saturated heterocycles. The Morgan fingerprint density at radius 1 is 1.33 bits per heavy atom. The van der Waals surface area contributed by atoms with Crippen molar-refractivity contribution in [3.63, 3.8) is 0 Å². The van der Waals surface area contributed by atoms with Crippen molar-refractivity contribution in [1.29, 1.82) is 0 Å². The smallest absolute Gasteiger partial charge is 0.251 e. The van der Waals surface area contributed by atoms with Crippen LogP contribution in [0.2, 0.25) is 0 Å². The number of benzene rings is 1. The Bertz CT molecular complexity index is 785. The number of hydrogen-bond donors (Lipinski definition) is 4. The number of phenols is 1. The number of aromatic hydroxyl groups is 1. The minimum Gasteiger partial charge on any atom is -0.508 e. The second-order valence-corrected chi connectivity index (χ2v) is 6.30. The summed E-state index contributed by atoms with van der Waals surface area (Å²) in [5.74, 6) is 1.70. The fourth-order valence-corrected chi connectivity index (χ4v) is 2.92. The average molecular weight is 371 g/mol. The third-order valence-electron chi connectivity index (χ3n) is 4.29. The molecule has 2 aromatic rings. The van der Waals surface area contributed by atoms with E-state index in [2.05, 4.69) is 31.0 Å². The number of guanidine groups is 1. The lowest BCUT2D eigenvalue weighted by Crippen LogP contribution is -2.47. The van der Waals surface area contributed by atoms with E-state index in [-0.39, 0.29) is 17.7 Å². The summed E-state index contributed by atoms with van der Waals surface area (Å²) >= 11 is 0. The van der Waals surface area contributed by atoms with Gasteiger partial charge in [-0.15, -0.1) is 0 Å². The van der Waals surface area contributed by atoms with E-state index in [1.165, 1.54) is 12.1 Å². The van der Waals surface area contributed by atoms with Crippen LogP contribution in [0.25, 0.3) is 0 Å². The van der Waals surface area contributed by atoms with Gasteiger partial charge in [0.05, 0.1) is 13.1 Å². The maximum Gasteiger partial charge on any atom is 0.251 e. The van der Waals surface area contributed by atoms with Crippen LogP contribution in [-0.4, -0.2) is 57.4 Å². The number of phenolic OH excluding ortho intramolecular Hbond substituents is 1. The van der Waals surface area contributed by atoms with Gasteiger partial charge in [0.2, 0.25) is 0 Å². The molecule has 2 heterocycles. The molecular formula is C18H25N7O2. The van der Waals surface area contributed by atoms with Crippen molar-refractivity contribution in [2.45, 2.75) is 32.4 Å². The highest BCUT2D eigenvalue weighted by molar-refractivity contribution is 5.94. The van der Waals surface area contributed by atoms with Gasteiger partial charge in [-0.3, -0.25) is 9.79 Å². The molecule has 1 aliphatic heterocycles. The van der Waals surface area contributed by atoms with Crippen molar-refractivity contribution in [2.24, 2.45) is 4.99 Å². The number of rotatable bonds is 6. The number of aliphatic imine (C=N–C) groups is 1. The van der Waals surface area contributed by atoms with E-state index in [1.807, 2.05) is 11.6 Å². The molecule has 1 aliphatic rings. The monoisotopic (exact) mass is 371 g/mol. The SMILES string of the molecule is CCNC(=NCCNC(=O)c1ccc(O)cc1)NC1CCc2ncnn2C1. The van der Waals surface area contributed by atoms with E-state index in [1.54, 1.807) is 18.5 Å². The normalized spacial score (nSPS) is 16.5. The first-order chi connectivity index (χ1) is 13.2. The fraction of sp³-hybridized carbons (Fsp3) is 0.444. The Morgan fingerprint density at radius 3 is 2.93 bits per heavy atom. The quantitative estimate of drug-likeness (QED) is 0.329. The molecule has 1 aromatic heterocycles. The molecule has 27 heavy (non-hydrogen) atoms. The van der Waals surface area contributed by atoms with Crippen LogP contribution in [0.3, 0.4) is 0 Å². The number of hydrogen-bond acceptors (Lipinski definition) is 5. The van der Waals surface area contributed by atoms with Gasteiger partial charge in [0.15, 0.2) is 5.96 Å². The Hall–Kier alpha value is -3.10. The van der Waals surface area contributed by atoms with Crippen LogP contribution in [-0.2, 0) is 13.0 Å². The summed E-state index contributed by atoms with van der Waals surface area (Å²) in [6, 6.07) is 6.39. The number of carbonyl (C=O) groups is 1. The number of aromatic nitrogens is 3. The Kier molecular flexibility index (Phi) is 6.24. The molecule has 1 unspecified atom stereocenters. The first-order valence-electron chi connectivity index (χ1n) is 9.14. The Morgan fingerprint density at radius 2 is 2.15 bits per heavy atom. The fourth-order valence-electron chi connectivity index (χ4n) is 2.92. The molecule has 0 bridgehead atoms. The third kappa shape index (κ3) is 5.19. The second-order valence-electron chi connectivity index (χ2n) is 6.30. The minimum absolute atomic E-state index is 0.137. The summed E-state index contributed by atoms with van der Waals surface area (Å²) in [6.07, 6.45) is 3.45. The van der Waals surface area contributed by atoms with Crippen molar-refractivity contribution in [3.05, 3.63) is 42.0 Å². The third-order valence-corrected chi connectivity index (χ3v) is 4.29. The first kappa shape index (κ1) is 18.7. The number of carbonyl (C=O) groups excluding carboxylic acids is 1. The molecule has 1 aromatic carbocycles. The first-order valence-corrected chi connectivity index (χ1v) is 9.14. The zero-order chi connectivity index (χ0) is 19.1. The molecule has 0 aliphatic carbocycles. The topological polar surface area (TPSA) is 116 Å². The van der Waals surface area contributed by atoms with Gasteiger partial charge in [-0.05, 0) is 37.6 Å². The summed E-state index contributed by atoms with van der Waals surface area (Å²) in [5.41, 5.74) is 0.507. The molecule has 0 spiro atoms. The van der Waals surface area contributed by atoms with Crippen molar-refractivity contribution in [1.82, 2.24) is 30.7 Å². The average Bonchev–Trinajstić information content (AvgIpc) is 3.13. The highest BCUT2D eigenvalue weighted by Gasteiger charge is 2.20. The van der Waals surface area contributed by atoms with Gasteiger partial charge in [0.25, 0.3) is 5.91 Å². The molecule has 3 rings (SSSR count). The van der Waals surface area contributed by atoms with Crippen molar-refractivity contribution >= 4 is 11.9 Å². The highest BCUT2D eigenvalue weighted by Crippen LogP contribution is 2.11. The van der Waals surface area contributed by atoms with E-state index in [0.29, 0.717) is 18.7 Å². The Labute approximate surface area is 157 Å². The Balaban J connectivity index is 1.47. The van der Waals surface area contributed by atoms with Crippen LogP contribution < -0.4 is 16.0 Å². The van der Waals surface area contributed by atoms with E-state index in [9.17, 15) is 9.90 Å². The lowest BCUT2D eigenvalue weighted by Gasteiger charge is -2.25. The van der Waals surface area contributed by atoms with Gasteiger partial charge in [-0.1, -0.05) is 0 Å². The molecule has 1 amide bonds. The number of nitrogens with zero attached hydrogens (tertiary/aromatic N) is 4. The van der Waals surface area contributed by atoms with Crippen molar-refractivity contribution < 1.29 is 9.90 Å². The van der Waals surface area contributed by atoms with Crippen LogP contribution in [0.1, 0.15) is 29.5 Å². The van der Waals surface area contributed by atoms with Crippen LogP contribution in [0.5, 0.6) is 5.75 Å². The van der Waals surface area contributed by atoms with E-state index in [4.69, 9.17) is 0 Å².